The van der Waals surface area contributed by atoms with E-state index in [-0.39, 0.29) is 6.03 Å². The molecule has 2 amide bonds. The average molecular weight is 309 g/mol. The van der Waals surface area contributed by atoms with Gasteiger partial charge in [0.15, 0.2) is 0 Å². The van der Waals surface area contributed by atoms with Gasteiger partial charge in [-0.15, -0.1) is 0 Å². The second-order valence-corrected chi connectivity index (χ2v) is 6.25. The van der Waals surface area contributed by atoms with Gasteiger partial charge in [0.05, 0.1) is 17.4 Å². The van der Waals surface area contributed by atoms with Crippen LogP contribution in [0.2, 0.25) is 0 Å². The smallest absolute Gasteiger partial charge is 0.319 e. The lowest BCUT2D eigenvalue weighted by atomic mass is 9.92. The van der Waals surface area contributed by atoms with Gasteiger partial charge in [-0.2, -0.15) is 0 Å². The maximum absolute atomic E-state index is 12.2. The summed E-state index contributed by atoms with van der Waals surface area (Å²) in [5, 5.41) is 5.80. The van der Waals surface area contributed by atoms with E-state index in [1.165, 1.54) is 0 Å². The van der Waals surface area contributed by atoms with Crippen molar-refractivity contribution >= 4 is 17.3 Å². The summed E-state index contributed by atoms with van der Waals surface area (Å²) < 4.78 is 0. The molecule has 0 saturated carbocycles. The maximum Gasteiger partial charge on any atom is 0.319 e. The van der Waals surface area contributed by atoms with Crippen LogP contribution >= 0.6 is 0 Å². The molecule has 1 heterocycles. The molecule has 0 bridgehead atoms. The number of amides is 2. The van der Waals surface area contributed by atoms with Gasteiger partial charge >= 0.3 is 6.03 Å². The Morgan fingerprint density at radius 3 is 2.57 bits per heavy atom. The number of nitrogens with one attached hydrogen (secondary N) is 2. The van der Waals surface area contributed by atoms with E-state index in [2.05, 4.69) is 28.3 Å². The molecule has 0 radical (unpaired) electrons. The van der Waals surface area contributed by atoms with Crippen molar-refractivity contribution in [1.82, 2.24) is 10.3 Å². The first-order valence-electron chi connectivity index (χ1n) is 7.56. The number of allylic oxidation sites excluding steroid dienone is 1. The molecule has 4 nitrogen and oxygen atoms in total. The van der Waals surface area contributed by atoms with Gasteiger partial charge in [0.2, 0.25) is 0 Å². The summed E-state index contributed by atoms with van der Waals surface area (Å²) in [5.74, 6) is 0. The van der Waals surface area contributed by atoms with Crippen molar-refractivity contribution in [3.63, 3.8) is 0 Å². The third-order valence-corrected chi connectivity index (χ3v) is 3.67. The van der Waals surface area contributed by atoms with Crippen molar-refractivity contribution in [2.24, 2.45) is 0 Å². The van der Waals surface area contributed by atoms with E-state index in [1.807, 2.05) is 58.0 Å². The normalized spacial score (nSPS) is 11.0. The van der Waals surface area contributed by atoms with Gasteiger partial charge in [-0.3, -0.25) is 4.98 Å². The number of aryl methyl sites for hydroxylation is 1. The molecular formula is C19H23N3O. The van der Waals surface area contributed by atoms with Gasteiger partial charge in [-0.05, 0) is 57.0 Å². The minimum Gasteiger partial charge on any atom is -0.329 e. The summed E-state index contributed by atoms with van der Waals surface area (Å²) in [6, 6.07) is 11.5. The molecule has 0 spiro atoms. The highest BCUT2D eigenvalue weighted by Gasteiger charge is 2.23. The van der Waals surface area contributed by atoms with Gasteiger partial charge in [-0.25, -0.2) is 4.79 Å². The zero-order chi connectivity index (χ0) is 17.0. The van der Waals surface area contributed by atoms with Gasteiger partial charge in [0, 0.05) is 5.69 Å². The van der Waals surface area contributed by atoms with Gasteiger partial charge < -0.3 is 10.6 Å². The van der Waals surface area contributed by atoms with Crippen LogP contribution in [0.15, 0.2) is 49.2 Å². The van der Waals surface area contributed by atoms with Gasteiger partial charge in [0.1, 0.15) is 0 Å². The molecule has 0 saturated heterocycles. The molecular weight excluding hydrogens is 286 g/mol. The van der Waals surface area contributed by atoms with Crippen LogP contribution in [0.1, 0.15) is 37.6 Å². The fourth-order valence-corrected chi connectivity index (χ4v) is 2.23. The molecule has 2 aromatic rings. The van der Waals surface area contributed by atoms with Crippen LogP contribution in [0, 0.1) is 6.92 Å². The molecule has 0 aliphatic rings. The van der Waals surface area contributed by atoms with Crippen LogP contribution < -0.4 is 10.6 Å². The molecule has 1 aromatic carbocycles. The Morgan fingerprint density at radius 2 is 1.96 bits per heavy atom. The van der Waals surface area contributed by atoms with Crippen molar-refractivity contribution in [2.45, 2.75) is 33.2 Å². The lowest BCUT2D eigenvalue weighted by molar-refractivity contribution is 0.242. The molecule has 0 aliphatic carbocycles. The van der Waals surface area contributed by atoms with Crippen molar-refractivity contribution in [1.29, 1.82) is 0 Å². The number of carbonyl (C=O) groups is 1. The van der Waals surface area contributed by atoms with E-state index in [0.717, 1.165) is 22.4 Å². The number of urea groups is 1. The zero-order valence-electron chi connectivity index (χ0n) is 14.1. The Balaban J connectivity index is 2.10. The Bertz CT molecular complexity index is 718. The first-order valence-corrected chi connectivity index (χ1v) is 7.56. The van der Waals surface area contributed by atoms with E-state index >= 15 is 0 Å². The zero-order valence-corrected chi connectivity index (χ0v) is 14.1. The van der Waals surface area contributed by atoms with Crippen LogP contribution in [0.4, 0.5) is 10.5 Å². The summed E-state index contributed by atoms with van der Waals surface area (Å²) >= 11 is 0. The molecule has 2 rings (SSSR count). The first kappa shape index (κ1) is 16.7. The van der Waals surface area contributed by atoms with E-state index in [9.17, 15) is 4.79 Å². The molecule has 0 unspecified atom stereocenters. The number of nitrogens with zero attached hydrogens (tertiary/aromatic N) is 1. The Labute approximate surface area is 137 Å². The second-order valence-electron chi connectivity index (χ2n) is 6.25. The molecule has 4 heteroatoms. The summed E-state index contributed by atoms with van der Waals surface area (Å²) in [5.41, 5.74) is 4.16. The minimum absolute atomic E-state index is 0.263. The quantitative estimate of drug-likeness (QED) is 0.875. The number of anilines is 1. The Hall–Kier alpha value is -2.62. The molecule has 0 atom stereocenters. The molecule has 120 valence electrons. The molecule has 23 heavy (non-hydrogen) atoms. The van der Waals surface area contributed by atoms with E-state index in [0.29, 0.717) is 5.69 Å². The van der Waals surface area contributed by atoms with Crippen molar-refractivity contribution in [3.05, 3.63) is 66.0 Å². The van der Waals surface area contributed by atoms with Crippen molar-refractivity contribution < 1.29 is 4.79 Å². The van der Waals surface area contributed by atoms with Gasteiger partial charge in [-0.1, -0.05) is 30.4 Å². The molecule has 1 aromatic heterocycles. The van der Waals surface area contributed by atoms with E-state index in [1.54, 1.807) is 6.20 Å². The number of aromatic nitrogens is 1. The molecule has 2 N–H and O–H groups in total. The minimum atomic E-state index is -0.506. The second kappa shape index (κ2) is 6.65. The Morgan fingerprint density at radius 1 is 1.22 bits per heavy atom. The van der Waals surface area contributed by atoms with E-state index in [4.69, 9.17) is 0 Å². The number of hydrogen-bond acceptors (Lipinski definition) is 2. The highest BCUT2D eigenvalue weighted by Crippen LogP contribution is 2.23. The standard InChI is InChI=1S/C19H23N3O/c1-13(2)15-7-6-8-16(11-15)19(4,5)22-18(23)21-17-10-9-14(3)20-12-17/h6-12H,1H2,2-5H3,(H2,21,22,23). The number of rotatable bonds is 4. The van der Waals surface area contributed by atoms with Crippen LogP contribution in [0.5, 0.6) is 0 Å². The predicted molar refractivity (Wildman–Crippen MR) is 95.3 cm³/mol. The average Bonchev–Trinajstić information content (AvgIpc) is 2.49. The van der Waals surface area contributed by atoms with E-state index < -0.39 is 5.54 Å². The summed E-state index contributed by atoms with van der Waals surface area (Å²) in [4.78, 5) is 16.4. The summed E-state index contributed by atoms with van der Waals surface area (Å²) in [6.45, 7) is 11.8. The number of pyridine rings is 1. The first-order chi connectivity index (χ1) is 10.8. The summed E-state index contributed by atoms with van der Waals surface area (Å²) in [6.07, 6.45) is 1.64. The monoisotopic (exact) mass is 309 g/mol. The van der Waals surface area contributed by atoms with Crippen molar-refractivity contribution in [3.8, 4) is 0 Å². The third-order valence-electron chi connectivity index (χ3n) is 3.67. The van der Waals surface area contributed by atoms with Gasteiger partial charge in [0.25, 0.3) is 0 Å². The third kappa shape index (κ3) is 4.42. The Kier molecular flexibility index (Phi) is 4.84. The van der Waals surface area contributed by atoms with Crippen LogP contribution in [-0.4, -0.2) is 11.0 Å². The van der Waals surface area contributed by atoms with Crippen molar-refractivity contribution in [2.75, 3.05) is 5.32 Å². The molecule has 0 aliphatic heterocycles. The lowest BCUT2D eigenvalue weighted by Gasteiger charge is -2.27. The lowest BCUT2D eigenvalue weighted by Crippen LogP contribution is -2.43. The van der Waals surface area contributed by atoms with Crippen LogP contribution in [0.3, 0.4) is 0 Å². The highest BCUT2D eigenvalue weighted by molar-refractivity contribution is 5.89. The number of carbonyl (C=O) groups excluding carboxylic acids is 1. The fraction of sp³-hybridized carbons (Fsp3) is 0.263. The largest absolute Gasteiger partial charge is 0.329 e. The fourth-order valence-electron chi connectivity index (χ4n) is 2.23. The predicted octanol–water partition coefficient (Wildman–Crippen LogP) is 4.48. The highest BCUT2D eigenvalue weighted by atomic mass is 16.2. The maximum atomic E-state index is 12.2. The molecule has 0 fully saturated rings. The van der Waals surface area contributed by atoms with Crippen LogP contribution in [-0.2, 0) is 5.54 Å². The summed E-state index contributed by atoms with van der Waals surface area (Å²) in [7, 11) is 0. The number of benzene rings is 1. The number of hydrogen-bond donors (Lipinski definition) is 2. The SMILES string of the molecule is C=C(C)c1cccc(C(C)(C)NC(=O)Nc2ccc(C)nc2)c1. The topological polar surface area (TPSA) is 54.0 Å². The van der Waals surface area contributed by atoms with Crippen LogP contribution in [0.25, 0.3) is 5.57 Å².